The molecule has 0 radical (unpaired) electrons. The van der Waals surface area contributed by atoms with Gasteiger partial charge in [-0.1, -0.05) is 227 Å². The van der Waals surface area contributed by atoms with Crippen molar-refractivity contribution in [2.75, 3.05) is 13.2 Å². The van der Waals surface area contributed by atoms with Crippen molar-refractivity contribution < 1.29 is 28.5 Å². The molecular formula is C75H90O6. The molecule has 426 valence electrons. The third-order valence-corrected chi connectivity index (χ3v) is 16.1. The van der Waals surface area contributed by atoms with E-state index in [0.717, 1.165) is 115 Å². The minimum atomic E-state index is -0.394. The first-order chi connectivity index (χ1) is 39.7. The second kappa shape index (κ2) is 32.9. The summed E-state index contributed by atoms with van der Waals surface area (Å²) in [5.74, 6) is 1.48. The van der Waals surface area contributed by atoms with Crippen molar-refractivity contribution in [3.8, 4) is 67.1 Å². The maximum Gasteiger partial charge on any atom is 0.306 e. The van der Waals surface area contributed by atoms with Crippen molar-refractivity contribution in [1.82, 2.24) is 0 Å². The standard InChI is InChI=1S/C75H90O6/c1-7-51-75(52-8-2)71-55-63(61-35-31-57(32-36-61)59-39-45-67(46-40-59)78-53-27-23-19-15-13-17-21-25-29-73(76)80-65(9-3)10-4)43-49-69(71)70-50-44-64(56-72(70)75)62-37-33-58(34-38-62)60-41-47-68(48-42-60)79-54-28-24-20-16-14-18-22-26-30-74(77)81-66(11-5)12-6/h9-12,31-50,55-56,65-66H,3-8,13-30,51-54H2,1-2H3. The normalized spacial score (nSPS) is 12.1. The molecule has 0 saturated heterocycles. The van der Waals surface area contributed by atoms with Crippen LogP contribution in [0.25, 0.3) is 55.6 Å². The monoisotopic (exact) mass is 1090 g/mol. The van der Waals surface area contributed by atoms with Gasteiger partial charge in [-0.05, 0) is 166 Å². The molecule has 6 heteroatoms. The van der Waals surface area contributed by atoms with Gasteiger partial charge in [-0.25, -0.2) is 0 Å². The molecule has 0 atom stereocenters. The lowest BCUT2D eigenvalue weighted by molar-refractivity contribution is -0.146. The molecular weight excluding hydrogens is 997 g/mol. The van der Waals surface area contributed by atoms with Crippen LogP contribution in [0.3, 0.4) is 0 Å². The summed E-state index contributed by atoms with van der Waals surface area (Å²) in [5.41, 5.74) is 15.4. The highest BCUT2D eigenvalue weighted by atomic mass is 16.5. The zero-order valence-electron chi connectivity index (χ0n) is 48.9. The van der Waals surface area contributed by atoms with E-state index < -0.39 is 12.2 Å². The zero-order valence-corrected chi connectivity index (χ0v) is 48.9. The van der Waals surface area contributed by atoms with Crippen LogP contribution in [-0.4, -0.2) is 37.4 Å². The van der Waals surface area contributed by atoms with Crippen molar-refractivity contribution in [3.05, 3.63) is 195 Å². The molecule has 0 heterocycles. The first-order valence-corrected chi connectivity index (χ1v) is 30.6. The molecule has 6 aromatic carbocycles. The van der Waals surface area contributed by atoms with Gasteiger partial charge in [0.25, 0.3) is 0 Å². The van der Waals surface area contributed by atoms with Crippen LogP contribution in [0.2, 0.25) is 0 Å². The number of ether oxygens (including phenoxy) is 4. The van der Waals surface area contributed by atoms with E-state index >= 15 is 0 Å². The predicted molar refractivity (Wildman–Crippen MR) is 339 cm³/mol. The van der Waals surface area contributed by atoms with E-state index in [-0.39, 0.29) is 17.4 Å². The fourth-order valence-corrected chi connectivity index (χ4v) is 11.6. The minimum Gasteiger partial charge on any atom is -0.494 e. The van der Waals surface area contributed by atoms with Crippen LogP contribution in [0, 0.1) is 0 Å². The van der Waals surface area contributed by atoms with Crippen LogP contribution < -0.4 is 9.47 Å². The molecule has 0 aromatic heterocycles. The molecule has 0 saturated carbocycles. The van der Waals surface area contributed by atoms with Gasteiger partial charge < -0.3 is 18.9 Å². The third kappa shape index (κ3) is 17.9. The smallest absolute Gasteiger partial charge is 0.306 e. The van der Waals surface area contributed by atoms with E-state index in [1.54, 1.807) is 24.3 Å². The predicted octanol–water partition coefficient (Wildman–Crippen LogP) is 20.6. The molecule has 0 fully saturated rings. The van der Waals surface area contributed by atoms with Gasteiger partial charge in [-0.3, -0.25) is 9.59 Å². The third-order valence-electron chi connectivity index (χ3n) is 16.1. The van der Waals surface area contributed by atoms with Crippen LogP contribution in [0.15, 0.2) is 184 Å². The summed E-state index contributed by atoms with van der Waals surface area (Å²) in [6, 6.07) is 49.6. The van der Waals surface area contributed by atoms with Gasteiger partial charge in [-0.15, -0.1) is 0 Å². The number of unbranched alkanes of at least 4 members (excludes halogenated alkanes) is 14. The Morgan fingerprint density at radius 3 is 0.963 bits per heavy atom. The highest BCUT2D eigenvalue weighted by molar-refractivity contribution is 5.87. The number of hydrogen-bond acceptors (Lipinski definition) is 6. The van der Waals surface area contributed by atoms with Gasteiger partial charge in [0.05, 0.1) is 13.2 Å². The Morgan fingerprint density at radius 1 is 0.383 bits per heavy atom. The first kappa shape index (κ1) is 61.4. The zero-order chi connectivity index (χ0) is 57.1. The molecule has 0 spiro atoms. The van der Waals surface area contributed by atoms with Gasteiger partial charge in [0.15, 0.2) is 0 Å². The lowest BCUT2D eigenvalue weighted by atomic mass is 9.71. The Kier molecular flexibility index (Phi) is 25.0. The van der Waals surface area contributed by atoms with Crippen molar-refractivity contribution in [2.24, 2.45) is 0 Å². The molecule has 6 nitrogen and oxygen atoms in total. The van der Waals surface area contributed by atoms with Gasteiger partial charge in [0.1, 0.15) is 23.7 Å². The van der Waals surface area contributed by atoms with Crippen LogP contribution in [0.5, 0.6) is 11.5 Å². The van der Waals surface area contributed by atoms with Crippen molar-refractivity contribution in [3.63, 3.8) is 0 Å². The molecule has 1 aliphatic carbocycles. The van der Waals surface area contributed by atoms with E-state index in [4.69, 9.17) is 18.9 Å². The van der Waals surface area contributed by atoms with Crippen molar-refractivity contribution in [2.45, 2.75) is 173 Å². The highest BCUT2D eigenvalue weighted by Crippen LogP contribution is 2.55. The first-order valence-electron chi connectivity index (χ1n) is 30.6. The van der Waals surface area contributed by atoms with Gasteiger partial charge in [0.2, 0.25) is 0 Å². The van der Waals surface area contributed by atoms with E-state index in [1.165, 1.54) is 105 Å². The lowest BCUT2D eigenvalue weighted by Gasteiger charge is -2.32. The second-order valence-electron chi connectivity index (χ2n) is 22.0. The Labute approximate surface area is 486 Å². The van der Waals surface area contributed by atoms with Crippen LogP contribution >= 0.6 is 0 Å². The van der Waals surface area contributed by atoms with Crippen LogP contribution in [-0.2, 0) is 24.5 Å². The molecule has 1 aliphatic rings. The number of fused-ring (bicyclic) bond motifs is 3. The number of carbonyl (C=O) groups excluding carboxylic acids is 2. The summed E-state index contributed by atoms with van der Waals surface area (Å²) in [5, 5.41) is 0. The summed E-state index contributed by atoms with van der Waals surface area (Å²) >= 11 is 0. The highest BCUT2D eigenvalue weighted by Gasteiger charge is 2.42. The van der Waals surface area contributed by atoms with E-state index in [0.29, 0.717) is 12.8 Å². The van der Waals surface area contributed by atoms with E-state index in [1.807, 2.05) is 0 Å². The van der Waals surface area contributed by atoms with E-state index in [9.17, 15) is 9.59 Å². The summed E-state index contributed by atoms with van der Waals surface area (Å²) in [6.07, 6.45) is 28.7. The number of carbonyl (C=O) groups is 2. The summed E-state index contributed by atoms with van der Waals surface area (Å²) in [7, 11) is 0. The number of benzene rings is 6. The number of rotatable bonds is 38. The lowest BCUT2D eigenvalue weighted by Crippen LogP contribution is -2.25. The summed E-state index contributed by atoms with van der Waals surface area (Å²) in [4.78, 5) is 23.8. The maximum atomic E-state index is 11.9. The molecule has 0 aliphatic heterocycles. The fraction of sp³-hybridized carbons (Fsp3) is 0.387. The average molecular weight is 1090 g/mol. The quantitative estimate of drug-likeness (QED) is 0.0219. The maximum absolute atomic E-state index is 11.9. The Bertz CT molecular complexity index is 2690. The van der Waals surface area contributed by atoms with Crippen molar-refractivity contribution >= 4 is 11.9 Å². The fourth-order valence-electron chi connectivity index (χ4n) is 11.6. The SMILES string of the molecule is C=CC(C=C)OC(=O)CCCCCCCCCCOc1ccc(-c2ccc(-c3ccc4c(c3)C(CCC)(CCC)c3cc(-c5ccc(-c6ccc(OCCCCCCCCCCC(=O)OC(C=C)C=C)cc6)cc5)ccc3-4)cc2)cc1. The number of esters is 2. The summed E-state index contributed by atoms with van der Waals surface area (Å²) in [6.45, 7) is 20.8. The average Bonchev–Trinajstić information content (AvgIpc) is 3.82. The Hall–Kier alpha value is -7.18. The summed E-state index contributed by atoms with van der Waals surface area (Å²) < 4.78 is 22.8. The van der Waals surface area contributed by atoms with Gasteiger partial charge >= 0.3 is 11.9 Å². The largest absolute Gasteiger partial charge is 0.494 e. The molecule has 0 unspecified atom stereocenters. The molecule has 6 aromatic rings. The van der Waals surface area contributed by atoms with E-state index in [2.05, 4.69) is 174 Å². The topological polar surface area (TPSA) is 71.1 Å². The molecule has 81 heavy (non-hydrogen) atoms. The Morgan fingerprint density at radius 2 is 0.654 bits per heavy atom. The second-order valence-corrected chi connectivity index (χ2v) is 22.0. The number of hydrogen-bond donors (Lipinski definition) is 0. The molecule has 0 N–H and O–H groups in total. The van der Waals surface area contributed by atoms with Crippen LogP contribution in [0.1, 0.15) is 166 Å². The Balaban J connectivity index is 0.857. The minimum absolute atomic E-state index is 0.0422. The van der Waals surface area contributed by atoms with Crippen LogP contribution in [0.4, 0.5) is 0 Å². The van der Waals surface area contributed by atoms with Crippen molar-refractivity contribution in [1.29, 1.82) is 0 Å². The molecule has 7 rings (SSSR count). The molecule has 0 amide bonds. The molecule has 0 bridgehead atoms. The van der Waals surface area contributed by atoms with Gasteiger partial charge in [0, 0.05) is 18.3 Å². The van der Waals surface area contributed by atoms with Gasteiger partial charge in [-0.2, -0.15) is 0 Å².